The number of carbonyl (C=O) groups excluding carboxylic acids is 1. The van der Waals surface area contributed by atoms with Crippen molar-refractivity contribution in [2.45, 2.75) is 13.8 Å². The van der Waals surface area contributed by atoms with Crippen molar-refractivity contribution in [2.75, 3.05) is 31.1 Å². The van der Waals surface area contributed by atoms with E-state index in [0.717, 1.165) is 29.9 Å². The van der Waals surface area contributed by atoms with Crippen LogP contribution in [-0.2, 0) is 0 Å². The van der Waals surface area contributed by atoms with E-state index in [2.05, 4.69) is 59.3 Å². The Morgan fingerprint density at radius 3 is 2.41 bits per heavy atom. The minimum absolute atomic E-state index is 0.0197. The smallest absolute Gasteiger partial charge is 0.272 e. The highest BCUT2D eigenvalue weighted by Gasteiger charge is 2.24. The predicted molar refractivity (Wildman–Crippen MR) is 108 cm³/mol. The first-order valence-electron chi connectivity index (χ1n) is 9.34. The van der Waals surface area contributed by atoms with Crippen molar-refractivity contribution in [2.24, 2.45) is 0 Å². The zero-order chi connectivity index (χ0) is 18.8. The Bertz CT molecular complexity index is 940. The third-order valence-electron chi connectivity index (χ3n) is 5.15. The number of anilines is 1. The molecule has 0 unspecified atom stereocenters. The SMILES string of the molecule is Cc1ccc(-c2cc(C(=O)N3CCN(c4ccccc4)CC3)[nH]n2)c(C)c1. The summed E-state index contributed by atoms with van der Waals surface area (Å²) >= 11 is 0. The second-order valence-corrected chi connectivity index (χ2v) is 7.10. The van der Waals surface area contributed by atoms with Gasteiger partial charge in [-0.15, -0.1) is 0 Å². The monoisotopic (exact) mass is 360 g/mol. The van der Waals surface area contributed by atoms with Gasteiger partial charge < -0.3 is 9.80 Å². The number of aromatic amines is 1. The van der Waals surface area contributed by atoms with Crippen LogP contribution in [-0.4, -0.2) is 47.2 Å². The fraction of sp³-hybridized carbons (Fsp3) is 0.273. The fourth-order valence-electron chi connectivity index (χ4n) is 3.65. The van der Waals surface area contributed by atoms with Crippen molar-refractivity contribution in [1.29, 1.82) is 0 Å². The summed E-state index contributed by atoms with van der Waals surface area (Å²) in [7, 11) is 0. The van der Waals surface area contributed by atoms with Gasteiger partial charge in [0.2, 0.25) is 0 Å². The molecule has 5 heteroatoms. The molecule has 5 nitrogen and oxygen atoms in total. The number of aromatic nitrogens is 2. The molecule has 138 valence electrons. The molecule has 0 bridgehead atoms. The lowest BCUT2D eigenvalue weighted by atomic mass is 10.0. The molecule has 1 N–H and O–H groups in total. The van der Waals surface area contributed by atoms with Gasteiger partial charge in [0, 0.05) is 37.4 Å². The van der Waals surface area contributed by atoms with E-state index >= 15 is 0 Å². The number of hydrogen-bond donors (Lipinski definition) is 1. The van der Waals surface area contributed by atoms with Gasteiger partial charge in [0.05, 0.1) is 5.69 Å². The summed E-state index contributed by atoms with van der Waals surface area (Å²) in [6.07, 6.45) is 0. The van der Waals surface area contributed by atoms with Crippen molar-refractivity contribution in [1.82, 2.24) is 15.1 Å². The molecule has 1 fully saturated rings. The standard InChI is InChI=1S/C22H24N4O/c1-16-8-9-19(17(2)14-16)20-15-21(24-23-20)22(27)26-12-10-25(11-13-26)18-6-4-3-5-7-18/h3-9,14-15H,10-13H2,1-2H3,(H,23,24). The average molecular weight is 360 g/mol. The van der Waals surface area contributed by atoms with Crippen molar-refractivity contribution >= 4 is 11.6 Å². The summed E-state index contributed by atoms with van der Waals surface area (Å²) < 4.78 is 0. The van der Waals surface area contributed by atoms with Gasteiger partial charge in [-0.2, -0.15) is 5.10 Å². The lowest BCUT2D eigenvalue weighted by molar-refractivity contribution is 0.0741. The number of aryl methyl sites for hydroxylation is 2. The molecular weight excluding hydrogens is 336 g/mol. The van der Waals surface area contributed by atoms with Crippen LogP contribution < -0.4 is 4.90 Å². The van der Waals surface area contributed by atoms with Gasteiger partial charge in [-0.25, -0.2) is 0 Å². The molecule has 0 aliphatic carbocycles. The summed E-state index contributed by atoms with van der Waals surface area (Å²) in [5.41, 5.74) is 6.03. The molecule has 1 saturated heterocycles. The van der Waals surface area contributed by atoms with Gasteiger partial charge in [0.15, 0.2) is 0 Å². The maximum atomic E-state index is 12.9. The number of hydrogen-bond acceptors (Lipinski definition) is 3. The Kier molecular flexibility index (Phi) is 4.67. The van der Waals surface area contributed by atoms with Crippen molar-refractivity contribution < 1.29 is 4.79 Å². The highest BCUT2D eigenvalue weighted by atomic mass is 16.2. The number of carbonyl (C=O) groups is 1. The van der Waals surface area contributed by atoms with E-state index in [4.69, 9.17) is 0 Å². The lowest BCUT2D eigenvalue weighted by Crippen LogP contribution is -2.48. The summed E-state index contributed by atoms with van der Waals surface area (Å²) in [5, 5.41) is 7.30. The van der Waals surface area contributed by atoms with Gasteiger partial charge in [-0.05, 0) is 37.6 Å². The Morgan fingerprint density at radius 2 is 1.70 bits per heavy atom. The lowest BCUT2D eigenvalue weighted by Gasteiger charge is -2.35. The van der Waals surface area contributed by atoms with E-state index in [1.54, 1.807) is 0 Å². The molecule has 0 atom stereocenters. The second-order valence-electron chi connectivity index (χ2n) is 7.10. The number of amides is 1. The van der Waals surface area contributed by atoms with Gasteiger partial charge in [0.1, 0.15) is 5.69 Å². The van der Waals surface area contributed by atoms with Crippen LogP contribution in [0.2, 0.25) is 0 Å². The predicted octanol–water partition coefficient (Wildman–Crippen LogP) is 3.66. The molecule has 0 saturated carbocycles. The van der Waals surface area contributed by atoms with Crippen LogP contribution in [0.3, 0.4) is 0 Å². The van der Waals surface area contributed by atoms with E-state index in [9.17, 15) is 4.79 Å². The first kappa shape index (κ1) is 17.3. The molecule has 0 spiro atoms. The molecule has 0 radical (unpaired) electrons. The maximum absolute atomic E-state index is 12.9. The van der Waals surface area contributed by atoms with Gasteiger partial charge >= 0.3 is 0 Å². The molecule has 1 aromatic heterocycles. The van der Waals surface area contributed by atoms with Gasteiger partial charge in [-0.3, -0.25) is 9.89 Å². The summed E-state index contributed by atoms with van der Waals surface area (Å²) in [4.78, 5) is 17.1. The van der Waals surface area contributed by atoms with E-state index in [0.29, 0.717) is 18.8 Å². The van der Waals surface area contributed by atoms with Crippen molar-refractivity contribution in [3.63, 3.8) is 0 Å². The minimum Gasteiger partial charge on any atom is -0.368 e. The molecule has 1 aliphatic heterocycles. The number of para-hydroxylation sites is 1. The molecule has 1 aliphatic rings. The average Bonchev–Trinajstić information content (AvgIpc) is 3.18. The third-order valence-corrected chi connectivity index (χ3v) is 5.15. The topological polar surface area (TPSA) is 52.2 Å². The zero-order valence-corrected chi connectivity index (χ0v) is 15.8. The summed E-state index contributed by atoms with van der Waals surface area (Å²) in [6.45, 7) is 7.26. The number of piperazine rings is 1. The van der Waals surface area contributed by atoms with E-state index in [-0.39, 0.29) is 5.91 Å². The number of nitrogens with zero attached hydrogens (tertiary/aromatic N) is 3. The number of benzene rings is 2. The molecule has 3 aromatic rings. The van der Waals surface area contributed by atoms with Crippen molar-refractivity contribution in [3.8, 4) is 11.3 Å². The first-order valence-corrected chi connectivity index (χ1v) is 9.34. The Balaban J connectivity index is 1.44. The summed E-state index contributed by atoms with van der Waals surface area (Å²) in [6, 6.07) is 18.5. The first-order chi connectivity index (χ1) is 13.1. The van der Waals surface area contributed by atoms with Crippen LogP contribution in [0.4, 0.5) is 5.69 Å². The quantitative estimate of drug-likeness (QED) is 0.776. The van der Waals surface area contributed by atoms with Crippen LogP contribution in [0.15, 0.2) is 54.6 Å². The molecule has 1 amide bonds. The summed E-state index contributed by atoms with van der Waals surface area (Å²) in [5.74, 6) is 0.0197. The van der Waals surface area contributed by atoms with Crippen molar-refractivity contribution in [3.05, 3.63) is 71.4 Å². The fourth-order valence-corrected chi connectivity index (χ4v) is 3.65. The molecule has 2 aromatic carbocycles. The van der Waals surface area contributed by atoms with E-state index in [1.165, 1.54) is 11.3 Å². The third kappa shape index (κ3) is 3.58. The van der Waals surface area contributed by atoms with Crippen LogP contribution in [0, 0.1) is 13.8 Å². The Labute approximate surface area is 159 Å². The number of H-pyrrole nitrogens is 1. The maximum Gasteiger partial charge on any atom is 0.272 e. The number of nitrogens with one attached hydrogen (secondary N) is 1. The van der Waals surface area contributed by atoms with Gasteiger partial charge in [-0.1, -0.05) is 42.0 Å². The second kappa shape index (κ2) is 7.27. The van der Waals surface area contributed by atoms with E-state index < -0.39 is 0 Å². The Hall–Kier alpha value is -3.08. The van der Waals surface area contributed by atoms with Crippen LogP contribution >= 0.6 is 0 Å². The van der Waals surface area contributed by atoms with Crippen LogP contribution in [0.5, 0.6) is 0 Å². The Morgan fingerprint density at radius 1 is 0.963 bits per heavy atom. The zero-order valence-electron chi connectivity index (χ0n) is 15.8. The molecule has 2 heterocycles. The van der Waals surface area contributed by atoms with Crippen LogP contribution in [0.1, 0.15) is 21.6 Å². The largest absolute Gasteiger partial charge is 0.368 e. The molecule has 27 heavy (non-hydrogen) atoms. The van der Waals surface area contributed by atoms with E-state index in [1.807, 2.05) is 29.2 Å². The highest BCUT2D eigenvalue weighted by molar-refractivity contribution is 5.93. The normalized spacial score (nSPS) is 14.4. The highest BCUT2D eigenvalue weighted by Crippen LogP contribution is 2.24. The minimum atomic E-state index is 0.0197. The number of rotatable bonds is 3. The molecule has 4 rings (SSSR count). The molecular formula is C22H24N4O. The van der Waals surface area contributed by atoms with Gasteiger partial charge in [0.25, 0.3) is 5.91 Å². The van der Waals surface area contributed by atoms with Crippen LogP contribution in [0.25, 0.3) is 11.3 Å².